The normalized spacial score (nSPS) is 20.0. The van der Waals surface area contributed by atoms with E-state index in [1.165, 1.54) is 19.4 Å². The van der Waals surface area contributed by atoms with Gasteiger partial charge in [0.1, 0.15) is 0 Å². The lowest BCUT2D eigenvalue weighted by molar-refractivity contribution is 0.0941. The van der Waals surface area contributed by atoms with Crippen LogP contribution in [0.5, 0.6) is 0 Å². The largest absolute Gasteiger partial charge is 0.350 e. The third-order valence-electron chi connectivity index (χ3n) is 3.51. The van der Waals surface area contributed by atoms with Gasteiger partial charge >= 0.3 is 0 Å². The van der Waals surface area contributed by atoms with E-state index in [-0.39, 0.29) is 5.91 Å². The number of likely N-dealkylation sites (N-methyl/N-ethyl adjacent to an activating group) is 1. The monoisotopic (exact) mass is 358 g/mol. The highest BCUT2D eigenvalue weighted by atomic mass is 127. The molecule has 0 spiro atoms. The van der Waals surface area contributed by atoms with Crippen LogP contribution in [-0.2, 0) is 0 Å². The number of likely N-dealkylation sites (tertiary alicyclic amines) is 1. The highest BCUT2D eigenvalue weighted by Gasteiger charge is 2.23. The highest BCUT2D eigenvalue weighted by molar-refractivity contribution is 14.1. The summed E-state index contributed by atoms with van der Waals surface area (Å²) in [4.78, 5) is 14.4. The molecule has 0 saturated carbocycles. The number of amides is 1. The van der Waals surface area contributed by atoms with Crippen molar-refractivity contribution in [1.82, 2.24) is 10.2 Å². The minimum Gasteiger partial charge on any atom is -0.350 e. The van der Waals surface area contributed by atoms with E-state index < -0.39 is 0 Å². The van der Waals surface area contributed by atoms with E-state index in [1.54, 1.807) is 0 Å². The Kier molecular flexibility index (Phi) is 5.00. The standard InChI is InChI=1S/C14H19IN2O/c1-2-17-9-3-4-13(17)10-16-14(18)11-5-7-12(15)8-6-11/h5-8,13H,2-4,9-10H2,1H3,(H,16,18). The van der Waals surface area contributed by atoms with Gasteiger partial charge in [-0.2, -0.15) is 0 Å². The first-order valence-electron chi connectivity index (χ1n) is 6.48. The molecule has 1 N–H and O–H groups in total. The molecule has 1 aliphatic heterocycles. The minimum atomic E-state index is 0.0364. The first-order chi connectivity index (χ1) is 8.70. The molecule has 18 heavy (non-hydrogen) atoms. The van der Waals surface area contributed by atoms with Gasteiger partial charge in [0.2, 0.25) is 0 Å². The van der Waals surface area contributed by atoms with E-state index in [0.717, 1.165) is 22.2 Å². The number of carbonyl (C=O) groups excluding carboxylic acids is 1. The van der Waals surface area contributed by atoms with Crippen molar-refractivity contribution >= 4 is 28.5 Å². The number of nitrogens with one attached hydrogen (secondary N) is 1. The van der Waals surface area contributed by atoms with Gasteiger partial charge in [0, 0.05) is 21.7 Å². The molecular formula is C14H19IN2O. The van der Waals surface area contributed by atoms with Crippen molar-refractivity contribution in [2.24, 2.45) is 0 Å². The van der Waals surface area contributed by atoms with Crippen LogP contribution in [0.15, 0.2) is 24.3 Å². The zero-order valence-electron chi connectivity index (χ0n) is 10.7. The fraction of sp³-hybridized carbons (Fsp3) is 0.500. The van der Waals surface area contributed by atoms with Gasteiger partial charge in [0.05, 0.1) is 0 Å². The number of carbonyl (C=O) groups is 1. The Labute approximate surface area is 122 Å². The molecule has 3 nitrogen and oxygen atoms in total. The van der Waals surface area contributed by atoms with Crippen molar-refractivity contribution in [3.05, 3.63) is 33.4 Å². The summed E-state index contributed by atoms with van der Waals surface area (Å²) in [6, 6.07) is 8.20. The summed E-state index contributed by atoms with van der Waals surface area (Å²) in [6.45, 7) is 5.18. The first-order valence-corrected chi connectivity index (χ1v) is 7.56. The number of benzene rings is 1. The number of rotatable bonds is 4. The van der Waals surface area contributed by atoms with Gasteiger partial charge in [0.15, 0.2) is 0 Å². The average molecular weight is 358 g/mol. The smallest absolute Gasteiger partial charge is 0.251 e. The molecule has 1 heterocycles. The quantitative estimate of drug-likeness (QED) is 0.839. The van der Waals surface area contributed by atoms with Crippen LogP contribution in [0.3, 0.4) is 0 Å². The SMILES string of the molecule is CCN1CCCC1CNC(=O)c1ccc(I)cc1. The van der Waals surface area contributed by atoms with Crippen LogP contribution in [0.1, 0.15) is 30.1 Å². The lowest BCUT2D eigenvalue weighted by atomic mass is 10.2. The van der Waals surface area contributed by atoms with Gasteiger partial charge in [-0.1, -0.05) is 6.92 Å². The van der Waals surface area contributed by atoms with Crippen molar-refractivity contribution < 1.29 is 4.79 Å². The molecule has 2 rings (SSSR count). The van der Waals surface area contributed by atoms with Crippen LogP contribution in [0.4, 0.5) is 0 Å². The maximum atomic E-state index is 12.0. The molecule has 1 fully saturated rings. The summed E-state index contributed by atoms with van der Waals surface area (Å²) in [5.41, 5.74) is 0.747. The zero-order chi connectivity index (χ0) is 13.0. The topological polar surface area (TPSA) is 32.3 Å². The van der Waals surface area contributed by atoms with Crippen LogP contribution >= 0.6 is 22.6 Å². The number of halogens is 1. The molecule has 1 amide bonds. The van der Waals surface area contributed by atoms with Crippen molar-refractivity contribution in [1.29, 1.82) is 0 Å². The van der Waals surface area contributed by atoms with Crippen molar-refractivity contribution in [3.8, 4) is 0 Å². The summed E-state index contributed by atoms with van der Waals surface area (Å²) in [6.07, 6.45) is 2.44. The van der Waals surface area contributed by atoms with E-state index in [0.29, 0.717) is 6.04 Å². The predicted octanol–water partition coefficient (Wildman–Crippen LogP) is 2.51. The van der Waals surface area contributed by atoms with Crippen molar-refractivity contribution in [3.63, 3.8) is 0 Å². The van der Waals surface area contributed by atoms with E-state index in [4.69, 9.17) is 0 Å². The Morgan fingerprint density at radius 3 is 2.83 bits per heavy atom. The van der Waals surface area contributed by atoms with Gasteiger partial charge in [-0.15, -0.1) is 0 Å². The Morgan fingerprint density at radius 1 is 1.44 bits per heavy atom. The molecule has 1 aliphatic rings. The van der Waals surface area contributed by atoms with Gasteiger partial charge in [-0.3, -0.25) is 9.69 Å². The van der Waals surface area contributed by atoms with Gasteiger partial charge in [-0.05, 0) is 72.8 Å². The molecule has 1 aromatic rings. The summed E-state index contributed by atoms with van der Waals surface area (Å²) in [5.74, 6) is 0.0364. The van der Waals surface area contributed by atoms with Crippen LogP contribution in [-0.4, -0.2) is 36.5 Å². The van der Waals surface area contributed by atoms with E-state index >= 15 is 0 Å². The molecule has 0 bridgehead atoms. The molecule has 1 aromatic carbocycles. The number of hydrogen-bond acceptors (Lipinski definition) is 2. The summed E-state index contributed by atoms with van der Waals surface area (Å²) >= 11 is 2.24. The third kappa shape index (κ3) is 3.45. The fourth-order valence-electron chi connectivity index (χ4n) is 2.46. The van der Waals surface area contributed by atoms with Gasteiger partial charge < -0.3 is 5.32 Å². The van der Waals surface area contributed by atoms with Gasteiger partial charge in [-0.25, -0.2) is 0 Å². The molecule has 1 atom stereocenters. The van der Waals surface area contributed by atoms with Crippen LogP contribution in [0.2, 0.25) is 0 Å². The molecule has 4 heteroatoms. The fourth-order valence-corrected chi connectivity index (χ4v) is 2.82. The molecule has 1 unspecified atom stereocenters. The second-order valence-corrected chi connectivity index (χ2v) is 5.89. The Balaban J connectivity index is 1.86. The Bertz CT molecular complexity index is 405. The van der Waals surface area contributed by atoms with Crippen molar-refractivity contribution in [2.75, 3.05) is 19.6 Å². The second kappa shape index (κ2) is 6.52. The molecule has 0 aromatic heterocycles. The van der Waals surface area contributed by atoms with Crippen LogP contribution in [0.25, 0.3) is 0 Å². The maximum Gasteiger partial charge on any atom is 0.251 e. The summed E-state index contributed by atoms with van der Waals surface area (Å²) in [7, 11) is 0. The summed E-state index contributed by atoms with van der Waals surface area (Å²) in [5, 5.41) is 3.04. The molecule has 98 valence electrons. The lowest BCUT2D eigenvalue weighted by Crippen LogP contribution is -2.40. The summed E-state index contributed by atoms with van der Waals surface area (Å²) < 4.78 is 1.15. The van der Waals surface area contributed by atoms with Crippen LogP contribution in [0, 0.1) is 3.57 Å². The molecule has 0 aliphatic carbocycles. The van der Waals surface area contributed by atoms with E-state index in [1.807, 2.05) is 24.3 Å². The first kappa shape index (κ1) is 13.8. The lowest BCUT2D eigenvalue weighted by Gasteiger charge is -2.22. The van der Waals surface area contributed by atoms with Crippen LogP contribution < -0.4 is 5.32 Å². The molecule has 1 saturated heterocycles. The average Bonchev–Trinajstić information content (AvgIpc) is 2.84. The van der Waals surface area contributed by atoms with Crippen molar-refractivity contribution in [2.45, 2.75) is 25.8 Å². The Morgan fingerprint density at radius 2 is 2.17 bits per heavy atom. The Hall–Kier alpha value is -0.620. The molecule has 0 radical (unpaired) electrons. The third-order valence-corrected chi connectivity index (χ3v) is 4.23. The van der Waals surface area contributed by atoms with E-state index in [9.17, 15) is 4.79 Å². The molecular weight excluding hydrogens is 339 g/mol. The zero-order valence-corrected chi connectivity index (χ0v) is 12.8. The minimum absolute atomic E-state index is 0.0364. The highest BCUT2D eigenvalue weighted by Crippen LogP contribution is 2.15. The van der Waals surface area contributed by atoms with Gasteiger partial charge in [0.25, 0.3) is 5.91 Å². The number of nitrogens with zero attached hydrogens (tertiary/aromatic N) is 1. The van der Waals surface area contributed by atoms with E-state index in [2.05, 4.69) is 39.7 Å². The predicted molar refractivity (Wildman–Crippen MR) is 81.8 cm³/mol. The number of hydrogen-bond donors (Lipinski definition) is 1. The second-order valence-electron chi connectivity index (χ2n) is 4.64. The maximum absolute atomic E-state index is 12.0.